The summed E-state index contributed by atoms with van der Waals surface area (Å²) >= 11 is 1.07. The van der Waals surface area contributed by atoms with Gasteiger partial charge in [0.05, 0.1) is 6.54 Å². The molecule has 0 atom stereocenters. The van der Waals surface area contributed by atoms with Crippen molar-refractivity contribution >= 4 is 40.3 Å². The van der Waals surface area contributed by atoms with Crippen LogP contribution in [-0.4, -0.2) is 46.1 Å². The van der Waals surface area contributed by atoms with E-state index in [1.807, 2.05) is 0 Å². The van der Waals surface area contributed by atoms with E-state index in [1.165, 1.54) is 19.2 Å². The molecule has 10 heteroatoms. The number of oxime groups is 1. The standard InChI is InChI=1S/C11H14N4O5S/c1-11(2,9(18)19)20-15-6(4-16)7-5-21-10(13-7)14-8(17)3-12/h4-5H,3,12H2,1-2H3,(H,18,19)(H,13,14,17)/b15-6+. The molecule has 0 radical (unpaired) electrons. The molecule has 1 aromatic heterocycles. The van der Waals surface area contributed by atoms with E-state index in [1.54, 1.807) is 0 Å². The number of hydrogen-bond donors (Lipinski definition) is 3. The average molecular weight is 314 g/mol. The van der Waals surface area contributed by atoms with Crippen LogP contribution in [0.2, 0.25) is 0 Å². The summed E-state index contributed by atoms with van der Waals surface area (Å²) in [5, 5.41) is 16.5. The number of amides is 1. The fourth-order valence-corrected chi connectivity index (χ4v) is 1.67. The van der Waals surface area contributed by atoms with Crippen molar-refractivity contribution in [3.05, 3.63) is 11.1 Å². The maximum absolute atomic E-state index is 11.1. The van der Waals surface area contributed by atoms with Crippen molar-refractivity contribution < 1.29 is 24.3 Å². The summed E-state index contributed by atoms with van der Waals surface area (Å²) in [6.45, 7) is 2.38. The van der Waals surface area contributed by atoms with Crippen molar-refractivity contribution in [1.29, 1.82) is 0 Å². The van der Waals surface area contributed by atoms with Crippen LogP contribution >= 0.6 is 11.3 Å². The number of nitrogens with one attached hydrogen (secondary N) is 1. The molecule has 0 saturated carbocycles. The Morgan fingerprint density at radius 3 is 2.81 bits per heavy atom. The molecule has 0 aromatic carbocycles. The molecule has 21 heavy (non-hydrogen) atoms. The topological polar surface area (TPSA) is 144 Å². The van der Waals surface area contributed by atoms with Crippen LogP contribution < -0.4 is 11.1 Å². The molecule has 0 aliphatic rings. The summed E-state index contributed by atoms with van der Waals surface area (Å²) in [5.74, 6) is -1.66. The average Bonchev–Trinajstić information content (AvgIpc) is 2.87. The molecular weight excluding hydrogens is 300 g/mol. The number of carbonyl (C=O) groups is 3. The van der Waals surface area contributed by atoms with Gasteiger partial charge in [-0.3, -0.25) is 9.59 Å². The zero-order valence-corrected chi connectivity index (χ0v) is 12.1. The number of nitrogens with two attached hydrogens (primary N) is 1. The molecule has 0 unspecified atom stereocenters. The minimum Gasteiger partial charge on any atom is -0.478 e. The van der Waals surface area contributed by atoms with Crippen molar-refractivity contribution in [1.82, 2.24) is 4.98 Å². The Hall–Kier alpha value is -2.33. The number of anilines is 1. The van der Waals surface area contributed by atoms with Crippen LogP contribution in [-0.2, 0) is 19.2 Å². The van der Waals surface area contributed by atoms with Crippen LogP contribution in [0.1, 0.15) is 19.5 Å². The van der Waals surface area contributed by atoms with Gasteiger partial charge in [0.2, 0.25) is 11.5 Å². The van der Waals surface area contributed by atoms with Crippen LogP contribution in [0.25, 0.3) is 0 Å². The van der Waals surface area contributed by atoms with Gasteiger partial charge in [-0.2, -0.15) is 0 Å². The number of carboxylic acid groups (broad SMARTS) is 1. The monoisotopic (exact) mass is 314 g/mol. The molecular formula is C11H14N4O5S. The lowest BCUT2D eigenvalue weighted by Gasteiger charge is -2.16. The fraction of sp³-hybridized carbons (Fsp3) is 0.364. The van der Waals surface area contributed by atoms with E-state index in [-0.39, 0.29) is 23.1 Å². The predicted molar refractivity (Wildman–Crippen MR) is 75.2 cm³/mol. The second kappa shape index (κ2) is 6.90. The highest BCUT2D eigenvalue weighted by atomic mass is 32.1. The number of nitrogens with zero attached hydrogens (tertiary/aromatic N) is 2. The first kappa shape index (κ1) is 16.7. The third kappa shape index (κ3) is 4.61. The van der Waals surface area contributed by atoms with Crippen LogP contribution in [0.4, 0.5) is 5.13 Å². The minimum absolute atomic E-state index is 0.156. The second-order valence-electron chi connectivity index (χ2n) is 4.29. The molecule has 0 bridgehead atoms. The summed E-state index contributed by atoms with van der Waals surface area (Å²) < 4.78 is 0. The smallest absolute Gasteiger partial charge is 0.350 e. The van der Waals surface area contributed by atoms with Gasteiger partial charge in [-0.1, -0.05) is 5.16 Å². The maximum atomic E-state index is 11.1. The highest BCUT2D eigenvalue weighted by Gasteiger charge is 2.30. The third-order valence-electron chi connectivity index (χ3n) is 2.20. The number of thiazole rings is 1. The maximum Gasteiger partial charge on any atom is 0.350 e. The molecule has 4 N–H and O–H groups in total. The molecule has 0 saturated heterocycles. The van der Waals surface area contributed by atoms with Crippen LogP contribution in [0.15, 0.2) is 10.5 Å². The minimum atomic E-state index is -1.58. The summed E-state index contributed by atoms with van der Waals surface area (Å²) in [6.07, 6.45) is 0.377. The molecule has 114 valence electrons. The molecule has 1 rings (SSSR count). The molecule has 1 amide bonds. The first-order valence-electron chi connectivity index (χ1n) is 5.70. The molecule has 0 spiro atoms. The Labute approximate surface area is 123 Å². The molecule has 0 fully saturated rings. The number of aromatic nitrogens is 1. The van der Waals surface area contributed by atoms with Gasteiger partial charge in [0.15, 0.2) is 17.1 Å². The number of hydrogen-bond acceptors (Lipinski definition) is 8. The Kier molecular flexibility index (Phi) is 5.50. The molecule has 1 heterocycles. The third-order valence-corrected chi connectivity index (χ3v) is 2.95. The lowest BCUT2D eigenvalue weighted by atomic mass is 10.1. The Morgan fingerprint density at radius 1 is 1.62 bits per heavy atom. The molecule has 1 aromatic rings. The first-order chi connectivity index (χ1) is 9.80. The van der Waals surface area contributed by atoms with E-state index >= 15 is 0 Å². The van der Waals surface area contributed by atoms with Gasteiger partial charge < -0.3 is 21.0 Å². The second-order valence-corrected chi connectivity index (χ2v) is 5.15. The highest BCUT2D eigenvalue weighted by Crippen LogP contribution is 2.16. The van der Waals surface area contributed by atoms with Crippen LogP contribution in [0.5, 0.6) is 0 Å². The fourth-order valence-electron chi connectivity index (χ4n) is 0.950. The summed E-state index contributed by atoms with van der Waals surface area (Å²) in [7, 11) is 0. The van der Waals surface area contributed by atoms with Gasteiger partial charge >= 0.3 is 5.97 Å². The van der Waals surface area contributed by atoms with Crippen molar-refractivity contribution in [2.24, 2.45) is 10.9 Å². The Morgan fingerprint density at radius 2 is 2.29 bits per heavy atom. The predicted octanol–water partition coefficient (Wildman–Crippen LogP) is -0.177. The quantitative estimate of drug-likeness (QED) is 0.360. The van der Waals surface area contributed by atoms with Crippen molar-refractivity contribution in [2.75, 3.05) is 11.9 Å². The lowest BCUT2D eigenvalue weighted by Crippen LogP contribution is -2.33. The van der Waals surface area contributed by atoms with Crippen molar-refractivity contribution in [3.8, 4) is 0 Å². The number of rotatable bonds is 7. The number of carboxylic acids is 1. The van der Waals surface area contributed by atoms with Gasteiger partial charge in [0, 0.05) is 5.38 Å². The van der Waals surface area contributed by atoms with Gasteiger partial charge in [-0.25, -0.2) is 9.78 Å². The molecule has 0 aliphatic heterocycles. The van der Waals surface area contributed by atoms with Gasteiger partial charge in [-0.05, 0) is 13.8 Å². The van der Waals surface area contributed by atoms with Crippen LogP contribution in [0.3, 0.4) is 0 Å². The number of aliphatic carboxylic acids is 1. The summed E-state index contributed by atoms with van der Waals surface area (Å²) in [4.78, 5) is 41.7. The van der Waals surface area contributed by atoms with E-state index in [4.69, 9.17) is 15.7 Å². The van der Waals surface area contributed by atoms with E-state index in [2.05, 4.69) is 15.5 Å². The van der Waals surface area contributed by atoms with Crippen LogP contribution in [0, 0.1) is 0 Å². The molecule has 0 aliphatic carbocycles. The summed E-state index contributed by atoms with van der Waals surface area (Å²) in [5.41, 5.74) is 3.53. The number of carbonyl (C=O) groups excluding carboxylic acids is 2. The Balaban J connectivity index is 2.88. The van der Waals surface area contributed by atoms with Gasteiger partial charge in [-0.15, -0.1) is 11.3 Å². The molecule has 9 nitrogen and oxygen atoms in total. The normalized spacial score (nSPS) is 11.9. The SMILES string of the molecule is CC(C)(O/N=C(\C=O)c1csc(NC(=O)CN)n1)C(=O)O. The van der Waals surface area contributed by atoms with E-state index in [0.717, 1.165) is 11.3 Å². The van der Waals surface area contributed by atoms with Gasteiger partial charge in [0.25, 0.3) is 0 Å². The summed E-state index contributed by atoms with van der Waals surface area (Å²) in [6, 6.07) is 0. The zero-order valence-electron chi connectivity index (χ0n) is 11.3. The van der Waals surface area contributed by atoms with E-state index in [0.29, 0.717) is 6.29 Å². The highest BCUT2D eigenvalue weighted by molar-refractivity contribution is 7.14. The largest absolute Gasteiger partial charge is 0.478 e. The lowest BCUT2D eigenvalue weighted by molar-refractivity contribution is -0.161. The number of aldehydes is 1. The van der Waals surface area contributed by atoms with Gasteiger partial charge in [0.1, 0.15) is 5.69 Å². The van der Waals surface area contributed by atoms with E-state index in [9.17, 15) is 14.4 Å². The Bertz CT molecular complexity index is 581. The zero-order chi connectivity index (χ0) is 16.0. The van der Waals surface area contributed by atoms with E-state index < -0.39 is 17.5 Å². The first-order valence-corrected chi connectivity index (χ1v) is 6.58. The van der Waals surface area contributed by atoms with Crippen molar-refractivity contribution in [2.45, 2.75) is 19.4 Å². The van der Waals surface area contributed by atoms with Crippen molar-refractivity contribution in [3.63, 3.8) is 0 Å².